The molecule has 34 heavy (non-hydrogen) atoms. The molecule has 0 bridgehead atoms. The van der Waals surface area contributed by atoms with Crippen LogP contribution in [0.25, 0.3) is 0 Å². The van der Waals surface area contributed by atoms with Crippen LogP contribution in [0.1, 0.15) is 76.3 Å². The van der Waals surface area contributed by atoms with E-state index >= 15 is 0 Å². The van der Waals surface area contributed by atoms with E-state index in [-0.39, 0.29) is 24.7 Å². The number of fused-ring (bicyclic) bond motifs is 1. The number of rotatable bonds is 10. The lowest BCUT2D eigenvalue weighted by atomic mass is 9.66. The smallest absolute Gasteiger partial charge is 0.204 e. The van der Waals surface area contributed by atoms with Crippen molar-refractivity contribution in [1.82, 2.24) is 0 Å². The quantitative estimate of drug-likeness (QED) is 0.352. The van der Waals surface area contributed by atoms with E-state index < -0.39 is 11.6 Å². The van der Waals surface area contributed by atoms with Gasteiger partial charge in [-0.3, -0.25) is 0 Å². The summed E-state index contributed by atoms with van der Waals surface area (Å²) in [7, 11) is 0. The van der Waals surface area contributed by atoms with Crippen LogP contribution < -0.4 is 9.47 Å². The van der Waals surface area contributed by atoms with Crippen LogP contribution in [0, 0.1) is 29.4 Å². The van der Waals surface area contributed by atoms with Gasteiger partial charge in [0.25, 0.3) is 0 Å². The van der Waals surface area contributed by atoms with Crippen molar-refractivity contribution >= 4 is 0 Å². The average molecular weight is 473 g/mol. The SMILES string of the molecule is CCCC1CCC2CC(OCc3ccc(COc4ccc(OCC)c(F)c4F)cc3)CCC2C1. The third-order valence-corrected chi connectivity index (χ3v) is 7.58. The molecule has 2 saturated carbocycles. The predicted molar refractivity (Wildman–Crippen MR) is 130 cm³/mol. The summed E-state index contributed by atoms with van der Waals surface area (Å²) in [4.78, 5) is 0. The lowest BCUT2D eigenvalue weighted by Gasteiger charge is -2.42. The number of benzene rings is 2. The Bertz CT molecular complexity index is 914. The first kappa shape index (κ1) is 25.0. The first-order chi connectivity index (χ1) is 16.6. The third kappa shape index (κ3) is 6.29. The van der Waals surface area contributed by atoms with E-state index in [1.165, 1.54) is 63.5 Å². The van der Waals surface area contributed by atoms with Gasteiger partial charge in [0, 0.05) is 0 Å². The van der Waals surface area contributed by atoms with Crippen LogP contribution in [0.3, 0.4) is 0 Å². The largest absolute Gasteiger partial charge is 0.491 e. The average Bonchev–Trinajstić information content (AvgIpc) is 2.86. The van der Waals surface area contributed by atoms with Gasteiger partial charge in [-0.25, -0.2) is 0 Å². The highest BCUT2D eigenvalue weighted by Gasteiger charge is 2.35. The summed E-state index contributed by atoms with van der Waals surface area (Å²) in [5.41, 5.74) is 2.01. The van der Waals surface area contributed by atoms with Gasteiger partial charge in [-0.2, -0.15) is 8.78 Å². The predicted octanol–water partition coefficient (Wildman–Crippen LogP) is 7.84. The second-order valence-electron chi connectivity index (χ2n) is 9.96. The van der Waals surface area contributed by atoms with E-state index in [1.807, 2.05) is 24.3 Å². The molecule has 0 aliphatic heterocycles. The van der Waals surface area contributed by atoms with E-state index in [9.17, 15) is 8.78 Å². The molecule has 0 N–H and O–H groups in total. The first-order valence-electron chi connectivity index (χ1n) is 13.0. The zero-order valence-electron chi connectivity index (χ0n) is 20.5. The first-order valence-corrected chi connectivity index (χ1v) is 13.0. The topological polar surface area (TPSA) is 27.7 Å². The van der Waals surface area contributed by atoms with Crippen LogP contribution in [0.5, 0.6) is 11.5 Å². The third-order valence-electron chi connectivity index (χ3n) is 7.58. The van der Waals surface area contributed by atoms with Crippen molar-refractivity contribution in [2.24, 2.45) is 17.8 Å². The van der Waals surface area contributed by atoms with E-state index in [1.54, 1.807) is 6.92 Å². The highest BCUT2D eigenvalue weighted by molar-refractivity contribution is 5.35. The van der Waals surface area contributed by atoms with Crippen LogP contribution in [-0.4, -0.2) is 12.7 Å². The van der Waals surface area contributed by atoms with Gasteiger partial charge in [-0.15, -0.1) is 0 Å². The molecule has 0 radical (unpaired) electrons. The normalized spacial score (nSPS) is 24.5. The van der Waals surface area contributed by atoms with Gasteiger partial charge in [0.2, 0.25) is 11.6 Å². The van der Waals surface area contributed by atoms with E-state index in [0.717, 1.165) is 28.9 Å². The summed E-state index contributed by atoms with van der Waals surface area (Å²) >= 11 is 0. The Morgan fingerprint density at radius 1 is 0.735 bits per heavy atom. The standard InChI is InChI=1S/C29H38F2O3/c1-3-5-20-10-11-24-17-25(13-12-23(24)16-20)33-18-21-6-8-22(9-7-21)19-34-27-15-14-26(32-4-2)28(30)29(27)31/h6-9,14-15,20,23-25H,3-5,10-13,16-19H2,1-2H3. The molecule has 4 rings (SSSR count). The summed E-state index contributed by atoms with van der Waals surface area (Å²) < 4.78 is 45.1. The summed E-state index contributed by atoms with van der Waals surface area (Å²) in [5.74, 6) is 0.454. The monoisotopic (exact) mass is 472 g/mol. The molecule has 2 fully saturated rings. The van der Waals surface area contributed by atoms with Crippen LogP contribution in [-0.2, 0) is 18.0 Å². The van der Waals surface area contributed by atoms with Crippen molar-refractivity contribution in [3.8, 4) is 11.5 Å². The fourth-order valence-corrected chi connectivity index (χ4v) is 5.76. The van der Waals surface area contributed by atoms with E-state index in [0.29, 0.717) is 12.7 Å². The molecule has 2 aromatic rings. The number of ether oxygens (including phenoxy) is 3. The molecule has 0 spiro atoms. The molecule has 2 aromatic carbocycles. The maximum atomic E-state index is 14.2. The number of halogens is 2. The number of hydrogen-bond donors (Lipinski definition) is 0. The van der Waals surface area contributed by atoms with Crippen molar-refractivity contribution in [3.63, 3.8) is 0 Å². The molecule has 0 saturated heterocycles. The highest BCUT2D eigenvalue weighted by atomic mass is 19.2. The maximum absolute atomic E-state index is 14.2. The highest BCUT2D eigenvalue weighted by Crippen LogP contribution is 2.44. The second kappa shape index (κ2) is 12.0. The van der Waals surface area contributed by atoms with Gasteiger partial charge >= 0.3 is 0 Å². The molecule has 0 aromatic heterocycles. The van der Waals surface area contributed by atoms with Crippen molar-refractivity contribution in [2.45, 2.75) is 84.5 Å². The molecule has 4 unspecified atom stereocenters. The minimum Gasteiger partial charge on any atom is -0.491 e. The molecule has 0 amide bonds. The van der Waals surface area contributed by atoms with Gasteiger partial charge < -0.3 is 14.2 Å². The van der Waals surface area contributed by atoms with Crippen LogP contribution in [0.4, 0.5) is 8.78 Å². The fraction of sp³-hybridized carbons (Fsp3) is 0.586. The van der Waals surface area contributed by atoms with E-state index in [4.69, 9.17) is 14.2 Å². The van der Waals surface area contributed by atoms with Crippen LogP contribution in [0.2, 0.25) is 0 Å². The molecule has 5 heteroatoms. The Hall–Kier alpha value is -2.14. The summed E-state index contributed by atoms with van der Waals surface area (Å²) in [6, 6.07) is 10.7. The maximum Gasteiger partial charge on any atom is 0.204 e. The lowest BCUT2D eigenvalue weighted by Crippen LogP contribution is -2.34. The van der Waals surface area contributed by atoms with Gasteiger partial charge in [0.05, 0.1) is 19.3 Å². The molecule has 2 aliphatic carbocycles. The summed E-state index contributed by atoms with van der Waals surface area (Å²) in [6.07, 6.45) is 11.0. The van der Waals surface area contributed by atoms with Crippen molar-refractivity contribution in [1.29, 1.82) is 0 Å². The molecule has 3 nitrogen and oxygen atoms in total. The van der Waals surface area contributed by atoms with Crippen LogP contribution in [0.15, 0.2) is 36.4 Å². The minimum absolute atomic E-state index is 0.102. The Morgan fingerprint density at radius 2 is 1.35 bits per heavy atom. The molecule has 186 valence electrons. The zero-order chi connectivity index (χ0) is 23.9. The van der Waals surface area contributed by atoms with Gasteiger partial charge in [-0.1, -0.05) is 50.5 Å². The van der Waals surface area contributed by atoms with Crippen molar-refractivity contribution in [2.75, 3.05) is 6.61 Å². The van der Waals surface area contributed by atoms with E-state index in [2.05, 4.69) is 6.92 Å². The Balaban J connectivity index is 1.22. The van der Waals surface area contributed by atoms with Crippen molar-refractivity contribution < 1.29 is 23.0 Å². The fourth-order valence-electron chi connectivity index (χ4n) is 5.76. The number of hydrogen-bond acceptors (Lipinski definition) is 3. The summed E-state index contributed by atoms with van der Waals surface area (Å²) in [6.45, 7) is 5.07. The lowest BCUT2D eigenvalue weighted by molar-refractivity contribution is -0.0279. The van der Waals surface area contributed by atoms with Crippen molar-refractivity contribution in [3.05, 3.63) is 59.2 Å². The van der Waals surface area contributed by atoms with Gasteiger partial charge in [0.15, 0.2) is 11.5 Å². The van der Waals surface area contributed by atoms with Crippen LogP contribution >= 0.6 is 0 Å². The Labute approximate surface area is 202 Å². The zero-order valence-corrected chi connectivity index (χ0v) is 20.5. The molecule has 2 aliphatic rings. The molecule has 0 heterocycles. The van der Waals surface area contributed by atoms with Gasteiger partial charge in [0.1, 0.15) is 6.61 Å². The molecular formula is C29H38F2O3. The Morgan fingerprint density at radius 3 is 2.03 bits per heavy atom. The summed E-state index contributed by atoms with van der Waals surface area (Å²) in [5, 5.41) is 0. The van der Waals surface area contributed by atoms with Gasteiger partial charge in [-0.05, 0) is 80.0 Å². The second-order valence-corrected chi connectivity index (χ2v) is 9.96. The Kier molecular flexibility index (Phi) is 8.82. The minimum atomic E-state index is -1.02. The molecule has 4 atom stereocenters. The molecular weight excluding hydrogens is 434 g/mol.